The van der Waals surface area contributed by atoms with Gasteiger partial charge in [-0.05, 0) is 19.3 Å². The Kier molecular flexibility index (Phi) is 5.44. The first kappa shape index (κ1) is 14.9. The zero-order valence-corrected chi connectivity index (χ0v) is 12.3. The Hall–Kier alpha value is -1.52. The molecule has 1 fully saturated rings. The van der Waals surface area contributed by atoms with E-state index in [2.05, 4.69) is 4.98 Å². The van der Waals surface area contributed by atoms with Crippen molar-refractivity contribution in [2.45, 2.75) is 52.4 Å². The maximum absolute atomic E-state index is 11.7. The minimum Gasteiger partial charge on any atom is -0.475 e. The molecule has 20 heavy (non-hydrogen) atoms. The number of carbonyl (C=O) groups is 1. The quantitative estimate of drug-likeness (QED) is 0.747. The monoisotopic (exact) mass is 281 g/mol. The minimum absolute atomic E-state index is 0.0768. The zero-order chi connectivity index (χ0) is 14.4. The molecule has 0 atom stereocenters. The number of hydrogen-bond acceptors (Lipinski definition) is 5. The van der Waals surface area contributed by atoms with Crippen LogP contribution in [0.2, 0.25) is 0 Å². The topological polar surface area (TPSA) is 61.6 Å². The molecule has 0 radical (unpaired) electrons. The summed E-state index contributed by atoms with van der Waals surface area (Å²) in [6.45, 7) is 4.32. The van der Waals surface area contributed by atoms with Gasteiger partial charge in [0.2, 0.25) is 0 Å². The molecule has 0 unspecified atom stereocenters. The SMILES string of the molecule is CCOC(=O)c1oc(C)nc1OCCC1CCCCC1. The summed E-state index contributed by atoms with van der Waals surface area (Å²) >= 11 is 0. The van der Waals surface area contributed by atoms with Gasteiger partial charge < -0.3 is 13.9 Å². The van der Waals surface area contributed by atoms with Crippen LogP contribution in [0.4, 0.5) is 0 Å². The van der Waals surface area contributed by atoms with Gasteiger partial charge in [0.1, 0.15) is 0 Å². The molecule has 0 aliphatic heterocycles. The zero-order valence-electron chi connectivity index (χ0n) is 12.3. The first-order chi connectivity index (χ1) is 9.70. The molecular formula is C15H23NO4. The van der Waals surface area contributed by atoms with E-state index < -0.39 is 5.97 Å². The van der Waals surface area contributed by atoms with Gasteiger partial charge in [0.05, 0.1) is 13.2 Å². The van der Waals surface area contributed by atoms with Crippen LogP contribution in [0.1, 0.15) is 61.9 Å². The maximum Gasteiger partial charge on any atom is 0.380 e. The van der Waals surface area contributed by atoms with Crippen molar-refractivity contribution in [2.24, 2.45) is 5.92 Å². The van der Waals surface area contributed by atoms with E-state index in [1.807, 2.05) is 0 Å². The molecule has 0 spiro atoms. The van der Waals surface area contributed by atoms with Crippen molar-refractivity contribution in [3.63, 3.8) is 0 Å². The number of nitrogens with zero attached hydrogens (tertiary/aromatic N) is 1. The predicted molar refractivity (Wildman–Crippen MR) is 73.9 cm³/mol. The van der Waals surface area contributed by atoms with Gasteiger partial charge in [-0.1, -0.05) is 32.1 Å². The summed E-state index contributed by atoms with van der Waals surface area (Å²) in [5.41, 5.74) is 0. The van der Waals surface area contributed by atoms with Crippen molar-refractivity contribution in [2.75, 3.05) is 13.2 Å². The number of aromatic nitrogens is 1. The van der Waals surface area contributed by atoms with E-state index in [1.54, 1.807) is 13.8 Å². The predicted octanol–water partition coefficient (Wildman–Crippen LogP) is 3.51. The smallest absolute Gasteiger partial charge is 0.380 e. The number of rotatable bonds is 6. The summed E-state index contributed by atoms with van der Waals surface area (Å²) < 4.78 is 15.8. The average molecular weight is 281 g/mol. The third-order valence-electron chi connectivity index (χ3n) is 3.65. The molecule has 1 aliphatic carbocycles. The highest BCUT2D eigenvalue weighted by Crippen LogP contribution is 2.27. The molecule has 0 amide bonds. The number of hydrogen-bond donors (Lipinski definition) is 0. The summed E-state index contributed by atoms with van der Waals surface area (Å²) in [4.78, 5) is 15.8. The molecule has 0 bridgehead atoms. The van der Waals surface area contributed by atoms with Gasteiger partial charge in [0.15, 0.2) is 5.89 Å². The van der Waals surface area contributed by atoms with Crippen LogP contribution in [0.5, 0.6) is 5.88 Å². The first-order valence-corrected chi connectivity index (χ1v) is 7.48. The largest absolute Gasteiger partial charge is 0.475 e. The minimum atomic E-state index is -0.513. The lowest BCUT2D eigenvalue weighted by atomic mass is 9.87. The van der Waals surface area contributed by atoms with Gasteiger partial charge in [-0.3, -0.25) is 0 Å². The second-order valence-electron chi connectivity index (χ2n) is 5.23. The summed E-state index contributed by atoms with van der Waals surface area (Å²) in [5.74, 6) is 0.981. The molecule has 2 rings (SSSR count). The maximum atomic E-state index is 11.7. The second kappa shape index (κ2) is 7.31. The number of oxazole rings is 1. The lowest BCUT2D eigenvalue weighted by molar-refractivity contribution is 0.0481. The first-order valence-electron chi connectivity index (χ1n) is 7.48. The van der Waals surface area contributed by atoms with Gasteiger partial charge in [-0.25, -0.2) is 4.79 Å². The van der Waals surface area contributed by atoms with Crippen LogP contribution in [0.15, 0.2) is 4.42 Å². The second-order valence-corrected chi connectivity index (χ2v) is 5.23. The van der Waals surface area contributed by atoms with Crippen LogP contribution in [-0.4, -0.2) is 24.2 Å². The van der Waals surface area contributed by atoms with Crippen molar-refractivity contribution in [1.29, 1.82) is 0 Å². The van der Waals surface area contributed by atoms with Crippen LogP contribution in [0.25, 0.3) is 0 Å². The van der Waals surface area contributed by atoms with Gasteiger partial charge >= 0.3 is 5.97 Å². The molecule has 112 valence electrons. The van der Waals surface area contributed by atoms with E-state index in [0.29, 0.717) is 19.1 Å². The van der Waals surface area contributed by atoms with E-state index in [-0.39, 0.29) is 11.6 Å². The number of esters is 1. The Morgan fingerprint density at radius 3 is 2.80 bits per heavy atom. The molecule has 0 saturated heterocycles. The fourth-order valence-electron chi connectivity index (χ4n) is 2.63. The van der Waals surface area contributed by atoms with Crippen molar-refractivity contribution in [1.82, 2.24) is 4.98 Å². The number of ether oxygens (including phenoxy) is 2. The van der Waals surface area contributed by atoms with E-state index in [4.69, 9.17) is 13.9 Å². The molecule has 1 aliphatic rings. The Bertz CT molecular complexity index is 435. The van der Waals surface area contributed by atoms with Crippen LogP contribution in [-0.2, 0) is 4.74 Å². The molecule has 0 N–H and O–H groups in total. The fourth-order valence-corrected chi connectivity index (χ4v) is 2.63. The Morgan fingerprint density at radius 2 is 2.10 bits per heavy atom. The summed E-state index contributed by atoms with van der Waals surface area (Å²) in [5, 5.41) is 0. The molecule has 1 aromatic rings. The summed E-state index contributed by atoms with van der Waals surface area (Å²) in [6.07, 6.45) is 7.57. The molecule has 5 heteroatoms. The summed E-state index contributed by atoms with van der Waals surface area (Å²) in [7, 11) is 0. The van der Waals surface area contributed by atoms with Crippen LogP contribution in [0, 0.1) is 12.8 Å². The van der Waals surface area contributed by atoms with E-state index in [1.165, 1.54) is 32.1 Å². The van der Waals surface area contributed by atoms with Gasteiger partial charge in [-0.15, -0.1) is 0 Å². The number of carbonyl (C=O) groups excluding carboxylic acids is 1. The van der Waals surface area contributed by atoms with Crippen molar-refractivity contribution in [3.8, 4) is 5.88 Å². The molecule has 1 aromatic heterocycles. The van der Waals surface area contributed by atoms with Gasteiger partial charge in [0, 0.05) is 6.92 Å². The van der Waals surface area contributed by atoms with E-state index in [9.17, 15) is 4.79 Å². The Morgan fingerprint density at radius 1 is 1.35 bits per heavy atom. The van der Waals surface area contributed by atoms with Crippen LogP contribution in [0.3, 0.4) is 0 Å². The normalized spacial score (nSPS) is 16.1. The lowest BCUT2D eigenvalue weighted by Gasteiger charge is -2.20. The highest BCUT2D eigenvalue weighted by molar-refractivity contribution is 5.88. The van der Waals surface area contributed by atoms with Crippen molar-refractivity contribution in [3.05, 3.63) is 11.7 Å². The Balaban J connectivity index is 1.86. The molecule has 1 heterocycles. The van der Waals surface area contributed by atoms with E-state index >= 15 is 0 Å². The number of aryl methyl sites for hydroxylation is 1. The molecule has 5 nitrogen and oxygen atoms in total. The fraction of sp³-hybridized carbons (Fsp3) is 0.733. The molecule has 1 saturated carbocycles. The van der Waals surface area contributed by atoms with E-state index in [0.717, 1.165) is 12.3 Å². The Labute approximate surface area is 119 Å². The average Bonchev–Trinajstić information content (AvgIpc) is 2.81. The van der Waals surface area contributed by atoms with Crippen molar-refractivity contribution >= 4 is 5.97 Å². The molecule has 0 aromatic carbocycles. The van der Waals surface area contributed by atoms with Gasteiger partial charge in [-0.2, -0.15) is 4.98 Å². The highest BCUT2D eigenvalue weighted by Gasteiger charge is 2.22. The highest BCUT2D eigenvalue weighted by atomic mass is 16.6. The van der Waals surface area contributed by atoms with Crippen molar-refractivity contribution < 1.29 is 18.7 Å². The van der Waals surface area contributed by atoms with Crippen LogP contribution < -0.4 is 4.74 Å². The van der Waals surface area contributed by atoms with Gasteiger partial charge in [0.25, 0.3) is 11.6 Å². The standard InChI is InChI=1S/C15H23NO4/c1-3-18-15(17)13-14(16-11(2)20-13)19-10-9-12-7-5-4-6-8-12/h12H,3-10H2,1-2H3. The third-order valence-corrected chi connectivity index (χ3v) is 3.65. The molecular weight excluding hydrogens is 258 g/mol. The lowest BCUT2D eigenvalue weighted by Crippen LogP contribution is -2.12. The third kappa shape index (κ3) is 3.99. The van der Waals surface area contributed by atoms with Crippen LogP contribution >= 0.6 is 0 Å². The summed E-state index contributed by atoms with van der Waals surface area (Å²) in [6, 6.07) is 0.